The standard InChI is InChI=1S/C18H15ClFN3O2S/c1-25-12-3-5-15-16(7-12)26-18(22-15)23-8-10(9-23)17(24)21-11-2-4-14(20)13(19)6-11/h2-7,10H,8-9H2,1H3,(H,21,24). The highest BCUT2D eigenvalue weighted by Crippen LogP contribution is 2.35. The molecule has 0 bridgehead atoms. The third-order valence-corrected chi connectivity index (χ3v) is 5.66. The number of nitrogens with one attached hydrogen (secondary N) is 1. The van der Waals surface area contributed by atoms with E-state index >= 15 is 0 Å². The maximum atomic E-state index is 13.2. The molecule has 1 aliphatic heterocycles. The number of thiazole rings is 1. The first-order valence-electron chi connectivity index (χ1n) is 7.99. The average Bonchev–Trinajstić information content (AvgIpc) is 2.99. The molecule has 1 fully saturated rings. The number of methoxy groups -OCH3 is 1. The predicted octanol–water partition coefficient (Wildman–Crippen LogP) is 4.17. The summed E-state index contributed by atoms with van der Waals surface area (Å²) in [6.07, 6.45) is 0. The van der Waals surface area contributed by atoms with Crippen LogP contribution >= 0.6 is 22.9 Å². The smallest absolute Gasteiger partial charge is 0.231 e. The number of amides is 1. The van der Waals surface area contributed by atoms with Gasteiger partial charge in [0.1, 0.15) is 11.6 Å². The first-order chi connectivity index (χ1) is 12.5. The number of carbonyl (C=O) groups excluding carboxylic acids is 1. The number of hydrogen-bond acceptors (Lipinski definition) is 5. The Hall–Kier alpha value is -2.38. The minimum absolute atomic E-state index is 0.0112. The Morgan fingerprint density at radius 2 is 2.15 bits per heavy atom. The summed E-state index contributed by atoms with van der Waals surface area (Å²) in [5.41, 5.74) is 1.41. The summed E-state index contributed by atoms with van der Waals surface area (Å²) in [4.78, 5) is 19.0. The van der Waals surface area contributed by atoms with Gasteiger partial charge < -0.3 is 15.0 Å². The highest BCUT2D eigenvalue weighted by Gasteiger charge is 2.34. The molecule has 26 heavy (non-hydrogen) atoms. The maximum Gasteiger partial charge on any atom is 0.231 e. The van der Waals surface area contributed by atoms with Gasteiger partial charge in [-0.1, -0.05) is 22.9 Å². The molecule has 1 amide bonds. The van der Waals surface area contributed by atoms with E-state index in [1.165, 1.54) is 18.2 Å². The zero-order chi connectivity index (χ0) is 18.3. The van der Waals surface area contributed by atoms with Crippen LogP contribution in [0.2, 0.25) is 5.02 Å². The van der Waals surface area contributed by atoms with Crippen molar-refractivity contribution in [2.75, 3.05) is 30.4 Å². The molecule has 0 unspecified atom stereocenters. The molecule has 0 saturated carbocycles. The molecule has 1 aliphatic rings. The third kappa shape index (κ3) is 3.20. The fourth-order valence-corrected chi connectivity index (χ4v) is 3.97. The lowest BCUT2D eigenvalue weighted by Crippen LogP contribution is -2.52. The molecule has 0 atom stereocenters. The van der Waals surface area contributed by atoms with Crippen molar-refractivity contribution in [2.24, 2.45) is 5.92 Å². The van der Waals surface area contributed by atoms with E-state index < -0.39 is 5.82 Å². The number of rotatable bonds is 4. The molecule has 3 aromatic rings. The Labute approximate surface area is 158 Å². The summed E-state index contributed by atoms with van der Waals surface area (Å²) in [5.74, 6) is 0.0468. The van der Waals surface area contributed by atoms with Crippen molar-refractivity contribution >= 4 is 49.9 Å². The fraction of sp³-hybridized carbons (Fsp3) is 0.222. The van der Waals surface area contributed by atoms with Crippen LogP contribution in [-0.4, -0.2) is 31.1 Å². The third-order valence-electron chi connectivity index (χ3n) is 4.29. The van der Waals surface area contributed by atoms with E-state index in [-0.39, 0.29) is 16.8 Å². The number of benzene rings is 2. The second-order valence-electron chi connectivity index (χ2n) is 6.05. The number of hydrogen-bond donors (Lipinski definition) is 1. The molecule has 0 radical (unpaired) electrons. The highest BCUT2D eigenvalue weighted by atomic mass is 35.5. The number of anilines is 2. The van der Waals surface area contributed by atoms with Gasteiger partial charge in [-0.2, -0.15) is 0 Å². The second-order valence-corrected chi connectivity index (χ2v) is 7.47. The molecule has 1 N–H and O–H groups in total. The van der Waals surface area contributed by atoms with E-state index in [1.807, 2.05) is 18.2 Å². The molecule has 1 saturated heterocycles. The zero-order valence-electron chi connectivity index (χ0n) is 13.8. The van der Waals surface area contributed by atoms with Gasteiger partial charge in [-0.3, -0.25) is 4.79 Å². The van der Waals surface area contributed by atoms with E-state index in [9.17, 15) is 9.18 Å². The lowest BCUT2D eigenvalue weighted by molar-refractivity contribution is -0.120. The predicted molar refractivity (Wildman–Crippen MR) is 102 cm³/mol. The molecule has 134 valence electrons. The van der Waals surface area contributed by atoms with Crippen LogP contribution in [0, 0.1) is 11.7 Å². The molecule has 4 rings (SSSR count). The van der Waals surface area contributed by atoms with Gasteiger partial charge in [0, 0.05) is 18.8 Å². The summed E-state index contributed by atoms with van der Waals surface area (Å²) in [5, 5.41) is 3.66. The van der Waals surface area contributed by atoms with Crippen LogP contribution < -0.4 is 15.0 Å². The number of ether oxygens (including phenoxy) is 1. The number of halogens is 2. The number of fused-ring (bicyclic) bond motifs is 1. The molecule has 2 aromatic carbocycles. The molecule has 1 aromatic heterocycles. The second kappa shape index (κ2) is 6.74. The van der Waals surface area contributed by atoms with Gasteiger partial charge in [-0.25, -0.2) is 9.37 Å². The number of aromatic nitrogens is 1. The minimum atomic E-state index is -0.507. The number of nitrogens with zero attached hydrogens (tertiary/aromatic N) is 2. The summed E-state index contributed by atoms with van der Waals surface area (Å²) in [6, 6.07) is 9.91. The van der Waals surface area contributed by atoms with E-state index in [0.29, 0.717) is 18.8 Å². The fourth-order valence-electron chi connectivity index (χ4n) is 2.77. The molecule has 8 heteroatoms. The first-order valence-corrected chi connectivity index (χ1v) is 9.18. The van der Waals surface area contributed by atoms with Gasteiger partial charge in [-0.05, 0) is 36.4 Å². The largest absolute Gasteiger partial charge is 0.497 e. The highest BCUT2D eigenvalue weighted by molar-refractivity contribution is 7.22. The molecule has 2 heterocycles. The van der Waals surface area contributed by atoms with Crippen LogP contribution in [-0.2, 0) is 4.79 Å². The lowest BCUT2D eigenvalue weighted by Gasteiger charge is -2.37. The van der Waals surface area contributed by atoms with E-state index in [0.717, 1.165) is 21.1 Å². The van der Waals surface area contributed by atoms with Crippen molar-refractivity contribution in [3.05, 3.63) is 47.2 Å². The quantitative estimate of drug-likeness (QED) is 0.725. The Balaban J connectivity index is 1.40. The number of carbonyl (C=O) groups is 1. The zero-order valence-corrected chi connectivity index (χ0v) is 15.4. The van der Waals surface area contributed by atoms with Crippen LogP contribution in [0.25, 0.3) is 10.2 Å². The average molecular weight is 392 g/mol. The summed E-state index contributed by atoms with van der Waals surface area (Å²) in [6.45, 7) is 1.19. The summed E-state index contributed by atoms with van der Waals surface area (Å²) >= 11 is 7.31. The molecular weight excluding hydrogens is 377 g/mol. The molecule has 5 nitrogen and oxygen atoms in total. The normalized spacial score (nSPS) is 14.3. The van der Waals surface area contributed by atoms with Gasteiger partial charge in [-0.15, -0.1) is 0 Å². The van der Waals surface area contributed by atoms with Crippen LogP contribution in [0.15, 0.2) is 36.4 Å². The first kappa shape index (κ1) is 17.1. The van der Waals surface area contributed by atoms with Crippen molar-refractivity contribution in [3.8, 4) is 5.75 Å². The monoisotopic (exact) mass is 391 g/mol. The SMILES string of the molecule is COc1ccc2nc(N3CC(C(=O)Nc4ccc(F)c(Cl)c4)C3)sc2c1. The van der Waals surface area contributed by atoms with E-state index in [2.05, 4.69) is 15.2 Å². The van der Waals surface area contributed by atoms with Crippen LogP contribution in [0.3, 0.4) is 0 Å². The van der Waals surface area contributed by atoms with Gasteiger partial charge in [0.25, 0.3) is 0 Å². The van der Waals surface area contributed by atoms with Crippen molar-refractivity contribution in [3.63, 3.8) is 0 Å². The van der Waals surface area contributed by atoms with Crippen molar-refractivity contribution in [1.29, 1.82) is 0 Å². The lowest BCUT2D eigenvalue weighted by atomic mass is 10.00. The Morgan fingerprint density at radius 1 is 1.35 bits per heavy atom. The van der Waals surface area contributed by atoms with Gasteiger partial charge in [0.05, 0.1) is 28.3 Å². The minimum Gasteiger partial charge on any atom is -0.497 e. The van der Waals surface area contributed by atoms with Crippen molar-refractivity contribution in [2.45, 2.75) is 0 Å². The molecule has 0 aliphatic carbocycles. The van der Waals surface area contributed by atoms with Gasteiger partial charge in [0.2, 0.25) is 5.91 Å². The maximum absolute atomic E-state index is 13.2. The van der Waals surface area contributed by atoms with Crippen molar-refractivity contribution < 1.29 is 13.9 Å². The van der Waals surface area contributed by atoms with Crippen molar-refractivity contribution in [1.82, 2.24) is 4.98 Å². The van der Waals surface area contributed by atoms with Crippen LogP contribution in [0.4, 0.5) is 15.2 Å². The summed E-state index contributed by atoms with van der Waals surface area (Å²) in [7, 11) is 1.63. The topological polar surface area (TPSA) is 54.5 Å². The van der Waals surface area contributed by atoms with Crippen LogP contribution in [0.5, 0.6) is 5.75 Å². The summed E-state index contributed by atoms with van der Waals surface area (Å²) < 4.78 is 19.5. The van der Waals surface area contributed by atoms with E-state index in [4.69, 9.17) is 16.3 Å². The Morgan fingerprint density at radius 3 is 2.88 bits per heavy atom. The molecule has 0 spiro atoms. The van der Waals surface area contributed by atoms with Crippen LogP contribution in [0.1, 0.15) is 0 Å². The van der Waals surface area contributed by atoms with Gasteiger partial charge >= 0.3 is 0 Å². The Bertz CT molecular complexity index is 988. The van der Waals surface area contributed by atoms with E-state index in [1.54, 1.807) is 18.4 Å². The Kier molecular flexibility index (Phi) is 4.42. The molecular formula is C18H15ClFN3O2S. The van der Waals surface area contributed by atoms with Gasteiger partial charge in [0.15, 0.2) is 5.13 Å².